The van der Waals surface area contributed by atoms with E-state index in [0.29, 0.717) is 11.8 Å². The van der Waals surface area contributed by atoms with E-state index in [9.17, 15) is 0 Å². The number of allylic oxidation sites excluding steroid dienone is 8. The van der Waals surface area contributed by atoms with Crippen LogP contribution in [-0.4, -0.2) is 0 Å². The van der Waals surface area contributed by atoms with Crippen LogP contribution in [-0.2, 0) is 0 Å². The molecule has 0 spiro atoms. The summed E-state index contributed by atoms with van der Waals surface area (Å²) in [4.78, 5) is 0. The Morgan fingerprint density at radius 1 is 0.870 bits per heavy atom. The molecule has 0 N–H and O–H groups in total. The van der Waals surface area contributed by atoms with E-state index in [1.54, 1.807) is 0 Å². The number of benzene rings is 2. The van der Waals surface area contributed by atoms with Crippen molar-refractivity contribution in [1.29, 1.82) is 0 Å². The highest BCUT2D eigenvalue weighted by atomic mass is 14.3. The van der Waals surface area contributed by atoms with Crippen molar-refractivity contribution in [2.45, 2.75) is 20.8 Å². The summed E-state index contributed by atoms with van der Waals surface area (Å²) >= 11 is 0. The summed E-state index contributed by atoms with van der Waals surface area (Å²) in [7, 11) is 0. The molecule has 0 saturated heterocycles. The second-order valence-electron chi connectivity index (χ2n) is 6.96. The van der Waals surface area contributed by atoms with Crippen molar-refractivity contribution in [3.05, 3.63) is 89.1 Å². The summed E-state index contributed by atoms with van der Waals surface area (Å²) in [5, 5.41) is 2.66. The first-order valence-electron chi connectivity index (χ1n) is 8.45. The number of fused-ring (bicyclic) bond motifs is 2. The van der Waals surface area contributed by atoms with Gasteiger partial charge in [-0.3, -0.25) is 0 Å². The Bertz CT molecular complexity index is 895. The summed E-state index contributed by atoms with van der Waals surface area (Å²) in [5.74, 6) is 0.984. The molecule has 0 heteroatoms. The molecule has 2 aromatic rings. The van der Waals surface area contributed by atoms with Crippen LogP contribution in [0, 0.1) is 11.8 Å². The predicted molar refractivity (Wildman–Crippen MR) is 100 cm³/mol. The summed E-state index contributed by atoms with van der Waals surface area (Å²) in [6.07, 6.45) is 9.54. The molecule has 1 atom stereocenters. The molecule has 0 aliphatic heterocycles. The molecule has 0 bridgehead atoms. The second-order valence-corrected chi connectivity index (χ2v) is 6.96. The lowest BCUT2D eigenvalue weighted by atomic mass is 9.81. The molecule has 0 saturated carbocycles. The first-order valence-corrected chi connectivity index (χ1v) is 8.45. The van der Waals surface area contributed by atoms with Crippen LogP contribution in [0.3, 0.4) is 0 Å². The first kappa shape index (κ1) is 14.3. The zero-order valence-electron chi connectivity index (χ0n) is 14.0. The minimum Gasteiger partial charge on any atom is -0.0691 e. The van der Waals surface area contributed by atoms with Gasteiger partial charge in [-0.15, -0.1) is 0 Å². The Kier molecular flexibility index (Phi) is 3.34. The average molecular weight is 298 g/mol. The predicted octanol–water partition coefficient (Wildman–Crippen LogP) is 6.32. The van der Waals surface area contributed by atoms with Crippen LogP contribution in [0.25, 0.3) is 16.3 Å². The molecule has 2 aliphatic carbocycles. The Morgan fingerprint density at radius 3 is 2.48 bits per heavy atom. The molecule has 23 heavy (non-hydrogen) atoms. The van der Waals surface area contributed by atoms with Crippen LogP contribution in [0.2, 0.25) is 0 Å². The Hall–Kier alpha value is -2.34. The maximum atomic E-state index is 2.45. The van der Waals surface area contributed by atoms with E-state index in [1.165, 1.54) is 38.6 Å². The number of hydrogen-bond acceptors (Lipinski definition) is 0. The fourth-order valence-electron chi connectivity index (χ4n) is 3.74. The molecule has 0 radical (unpaired) electrons. The first-order chi connectivity index (χ1) is 11.1. The van der Waals surface area contributed by atoms with Gasteiger partial charge in [0.2, 0.25) is 0 Å². The lowest BCUT2D eigenvalue weighted by Gasteiger charge is -2.22. The fourth-order valence-corrected chi connectivity index (χ4v) is 3.74. The molecule has 2 aliphatic rings. The third-order valence-corrected chi connectivity index (χ3v) is 4.93. The van der Waals surface area contributed by atoms with Crippen molar-refractivity contribution in [2.75, 3.05) is 0 Å². The molecule has 114 valence electrons. The zero-order chi connectivity index (χ0) is 16.0. The standard InChI is InChI=1S/C23H22/c1-15(2)18-13-19-11-16(3)12-23(22(19)14-18)21-10-6-8-17-7-4-5-9-20(17)21/h4-15,22H,1-3H3. The van der Waals surface area contributed by atoms with Crippen molar-refractivity contribution in [2.24, 2.45) is 11.8 Å². The molecule has 0 nitrogen and oxygen atoms in total. The van der Waals surface area contributed by atoms with Crippen molar-refractivity contribution in [3.8, 4) is 0 Å². The highest BCUT2D eigenvalue weighted by Crippen LogP contribution is 2.43. The van der Waals surface area contributed by atoms with Gasteiger partial charge < -0.3 is 0 Å². The van der Waals surface area contributed by atoms with E-state index >= 15 is 0 Å². The molecule has 0 amide bonds. The summed E-state index contributed by atoms with van der Waals surface area (Å²) < 4.78 is 0. The smallest absolute Gasteiger partial charge is 0.0281 e. The van der Waals surface area contributed by atoms with Crippen LogP contribution in [0.15, 0.2) is 83.5 Å². The highest BCUT2D eigenvalue weighted by molar-refractivity contribution is 5.96. The van der Waals surface area contributed by atoms with E-state index < -0.39 is 0 Å². The Labute approximate surface area is 138 Å². The van der Waals surface area contributed by atoms with Crippen molar-refractivity contribution in [3.63, 3.8) is 0 Å². The van der Waals surface area contributed by atoms with Gasteiger partial charge in [0.25, 0.3) is 0 Å². The van der Waals surface area contributed by atoms with E-state index in [-0.39, 0.29) is 0 Å². The van der Waals surface area contributed by atoms with Gasteiger partial charge in [-0.05, 0) is 45.9 Å². The van der Waals surface area contributed by atoms with Gasteiger partial charge in [-0.25, -0.2) is 0 Å². The largest absolute Gasteiger partial charge is 0.0691 e. The second kappa shape index (κ2) is 5.38. The van der Waals surface area contributed by atoms with Crippen LogP contribution >= 0.6 is 0 Å². The fraction of sp³-hybridized carbons (Fsp3) is 0.217. The Balaban J connectivity index is 1.91. The molecule has 1 unspecified atom stereocenters. The Morgan fingerprint density at radius 2 is 1.65 bits per heavy atom. The minimum atomic E-state index is 0.405. The number of rotatable bonds is 2. The van der Waals surface area contributed by atoms with Gasteiger partial charge in [0, 0.05) is 5.92 Å². The number of hydrogen-bond donors (Lipinski definition) is 0. The molecular formula is C23H22. The molecular weight excluding hydrogens is 276 g/mol. The minimum absolute atomic E-state index is 0.405. The van der Waals surface area contributed by atoms with E-state index in [4.69, 9.17) is 0 Å². The highest BCUT2D eigenvalue weighted by Gasteiger charge is 2.26. The topological polar surface area (TPSA) is 0 Å². The van der Waals surface area contributed by atoms with Crippen molar-refractivity contribution in [1.82, 2.24) is 0 Å². The van der Waals surface area contributed by atoms with Crippen molar-refractivity contribution < 1.29 is 0 Å². The van der Waals surface area contributed by atoms with Crippen LogP contribution in [0.1, 0.15) is 26.3 Å². The normalized spacial score (nSPS) is 20.1. The molecule has 2 aromatic carbocycles. The van der Waals surface area contributed by atoms with Gasteiger partial charge >= 0.3 is 0 Å². The van der Waals surface area contributed by atoms with E-state index in [0.717, 1.165) is 0 Å². The van der Waals surface area contributed by atoms with Crippen LogP contribution < -0.4 is 0 Å². The van der Waals surface area contributed by atoms with E-state index in [2.05, 4.69) is 87.5 Å². The van der Waals surface area contributed by atoms with Gasteiger partial charge in [0.15, 0.2) is 0 Å². The maximum absolute atomic E-state index is 2.45. The quantitative estimate of drug-likeness (QED) is 0.608. The summed E-state index contributed by atoms with van der Waals surface area (Å²) in [6.45, 7) is 6.76. The molecule has 0 heterocycles. The maximum Gasteiger partial charge on any atom is 0.0281 e. The lowest BCUT2D eigenvalue weighted by Crippen LogP contribution is -2.05. The van der Waals surface area contributed by atoms with E-state index in [1.807, 2.05) is 0 Å². The van der Waals surface area contributed by atoms with Crippen molar-refractivity contribution >= 4 is 16.3 Å². The summed E-state index contributed by atoms with van der Waals surface area (Å²) in [5.41, 5.74) is 7.05. The monoisotopic (exact) mass is 298 g/mol. The van der Waals surface area contributed by atoms with Crippen LogP contribution in [0.5, 0.6) is 0 Å². The lowest BCUT2D eigenvalue weighted by molar-refractivity contribution is 0.790. The van der Waals surface area contributed by atoms with Gasteiger partial charge in [0.1, 0.15) is 0 Å². The van der Waals surface area contributed by atoms with Crippen LogP contribution in [0.4, 0.5) is 0 Å². The third kappa shape index (κ3) is 2.39. The van der Waals surface area contributed by atoms with Gasteiger partial charge in [0.05, 0.1) is 0 Å². The zero-order valence-corrected chi connectivity index (χ0v) is 14.0. The molecule has 0 aromatic heterocycles. The van der Waals surface area contributed by atoms with Gasteiger partial charge in [-0.1, -0.05) is 86.2 Å². The molecule has 4 rings (SSSR count). The summed E-state index contributed by atoms with van der Waals surface area (Å²) in [6, 6.07) is 15.3. The van der Waals surface area contributed by atoms with Gasteiger partial charge in [-0.2, -0.15) is 0 Å². The average Bonchev–Trinajstić information content (AvgIpc) is 2.97. The SMILES string of the molecule is CC1=CC2=CC(C(C)C)=CC2C(c2cccc3ccccc23)=C1. The third-order valence-electron chi connectivity index (χ3n) is 4.93. The molecule has 0 fully saturated rings.